The Kier molecular flexibility index (Phi) is 2.49. The Morgan fingerprint density at radius 1 is 1.30 bits per heavy atom. The first kappa shape index (κ1) is 6.81. The fourth-order valence-electron chi connectivity index (χ4n) is 0.712. The normalized spacial score (nSPS) is 8.80. The lowest BCUT2D eigenvalue weighted by atomic mass is 10.2. The molecular formula is C8H9NO. The minimum Gasteiger partial charge on any atom is -0.479 e. The van der Waals surface area contributed by atoms with Crippen molar-refractivity contribution in [1.82, 2.24) is 0 Å². The van der Waals surface area contributed by atoms with Crippen LogP contribution in [0, 0.1) is 5.41 Å². The Morgan fingerprint density at radius 2 is 2.00 bits per heavy atom. The molecule has 52 valence electrons. The summed E-state index contributed by atoms with van der Waals surface area (Å²) >= 11 is 0. The first-order valence-electron chi connectivity index (χ1n) is 3.08. The van der Waals surface area contributed by atoms with Crippen LogP contribution in [0.25, 0.3) is 0 Å². The molecule has 1 aromatic rings. The topological polar surface area (TPSA) is 33.1 Å². The van der Waals surface area contributed by atoms with Gasteiger partial charge in [-0.3, -0.25) is 5.41 Å². The molecule has 0 aliphatic heterocycles. The van der Waals surface area contributed by atoms with Gasteiger partial charge in [-0.2, -0.15) is 0 Å². The second-order valence-corrected chi connectivity index (χ2v) is 1.91. The molecule has 2 nitrogen and oxygen atoms in total. The van der Waals surface area contributed by atoms with Crippen molar-refractivity contribution in [3.63, 3.8) is 0 Å². The second-order valence-electron chi connectivity index (χ2n) is 1.91. The summed E-state index contributed by atoms with van der Waals surface area (Å²) in [5.74, 6) is 0. The molecule has 0 atom stereocenters. The van der Waals surface area contributed by atoms with E-state index >= 15 is 0 Å². The highest BCUT2D eigenvalue weighted by Gasteiger charge is 1.86. The number of rotatable bonds is 3. The third kappa shape index (κ3) is 1.90. The average Bonchev–Trinajstić information content (AvgIpc) is 2.03. The predicted octanol–water partition coefficient (Wildman–Crippen LogP) is 1.81. The molecule has 0 amide bonds. The lowest BCUT2D eigenvalue weighted by Gasteiger charge is -1.97. The van der Waals surface area contributed by atoms with Gasteiger partial charge in [0.05, 0.1) is 0 Å². The van der Waals surface area contributed by atoms with Crippen molar-refractivity contribution in [3.8, 4) is 0 Å². The van der Waals surface area contributed by atoms with Gasteiger partial charge in [0, 0.05) is 0 Å². The highest BCUT2D eigenvalue weighted by Crippen LogP contribution is 1.98. The predicted molar refractivity (Wildman–Crippen MR) is 40.0 cm³/mol. The Balaban J connectivity index is 2.50. The van der Waals surface area contributed by atoms with Gasteiger partial charge in [0.25, 0.3) is 0 Å². The van der Waals surface area contributed by atoms with Crippen LogP contribution in [0.4, 0.5) is 0 Å². The summed E-state index contributed by atoms with van der Waals surface area (Å²) < 4.78 is 4.76. The van der Waals surface area contributed by atoms with Gasteiger partial charge in [-0.25, -0.2) is 0 Å². The van der Waals surface area contributed by atoms with Gasteiger partial charge >= 0.3 is 0 Å². The molecule has 1 aromatic carbocycles. The number of nitrogens with one attached hydrogen (secondary N) is 1. The molecule has 0 saturated carbocycles. The summed E-state index contributed by atoms with van der Waals surface area (Å²) in [4.78, 5) is 0. The Hall–Kier alpha value is -1.31. The zero-order valence-corrected chi connectivity index (χ0v) is 5.58. The minimum atomic E-state index is 0.490. The zero-order valence-electron chi connectivity index (χ0n) is 5.58. The third-order valence-corrected chi connectivity index (χ3v) is 1.18. The van der Waals surface area contributed by atoms with Gasteiger partial charge in [0.2, 0.25) is 0 Å². The lowest BCUT2D eigenvalue weighted by Crippen LogP contribution is -1.87. The van der Waals surface area contributed by atoms with Crippen molar-refractivity contribution < 1.29 is 4.74 Å². The van der Waals surface area contributed by atoms with Gasteiger partial charge in [-0.05, 0) is 5.56 Å². The molecule has 0 fully saturated rings. The number of ether oxygens (including phenoxy) is 1. The summed E-state index contributed by atoms with van der Waals surface area (Å²) in [5.41, 5.74) is 1.09. The summed E-state index contributed by atoms with van der Waals surface area (Å²) in [6.07, 6.45) is 0.951. The molecule has 0 aliphatic carbocycles. The maximum absolute atomic E-state index is 6.60. The highest BCUT2D eigenvalue weighted by molar-refractivity contribution is 5.41. The summed E-state index contributed by atoms with van der Waals surface area (Å²) in [7, 11) is 0. The van der Waals surface area contributed by atoms with Crippen molar-refractivity contribution in [1.29, 1.82) is 5.41 Å². The van der Waals surface area contributed by atoms with Crippen LogP contribution in [0.3, 0.4) is 0 Å². The van der Waals surface area contributed by atoms with Crippen molar-refractivity contribution in [2.45, 2.75) is 6.61 Å². The molecule has 0 spiro atoms. The van der Waals surface area contributed by atoms with E-state index in [2.05, 4.69) is 0 Å². The minimum absolute atomic E-state index is 0.490. The van der Waals surface area contributed by atoms with Gasteiger partial charge in [-0.1, -0.05) is 30.3 Å². The van der Waals surface area contributed by atoms with Crippen molar-refractivity contribution in [3.05, 3.63) is 35.9 Å². The lowest BCUT2D eigenvalue weighted by molar-refractivity contribution is 0.305. The van der Waals surface area contributed by atoms with Crippen LogP contribution in [0.1, 0.15) is 5.56 Å². The smallest absolute Gasteiger partial charge is 0.167 e. The first-order chi connectivity index (χ1) is 4.93. The zero-order chi connectivity index (χ0) is 7.23. The SMILES string of the molecule is N=COCc1ccccc1. The van der Waals surface area contributed by atoms with Gasteiger partial charge in [-0.15, -0.1) is 0 Å². The molecule has 0 radical (unpaired) electrons. The van der Waals surface area contributed by atoms with Gasteiger partial charge in [0.15, 0.2) is 6.40 Å². The van der Waals surface area contributed by atoms with Crippen LogP contribution in [0.5, 0.6) is 0 Å². The molecule has 10 heavy (non-hydrogen) atoms. The Bertz CT molecular complexity index is 196. The first-order valence-corrected chi connectivity index (χ1v) is 3.08. The Labute approximate surface area is 60.0 Å². The number of benzene rings is 1. The largest absolute Gasteiger partial charge is 0.479 e. The van der Waals surface area contributed by atoms with Crippen molar-refractivity contribution in [2.24, 2.45) is 0 Å². The maximum Gasteiger partial charge on any atom is 0.167 e. The van der Waals surface area contributed by atoms with E-state index in [0.717, 1.165) is 12.0 Å². The van der Waals surface area contributed by atoms with Crippen molar-refractivity contribution >= 4 is 6.40 Å². The van der Waals surface area contributed by atoms with E-state index < -0.39 is 0 Å². The number of hydrogen-bond donors (Lipinski definition) is 1. The fourth-order valence-corrected chi connectivity index (χ4v) is 0.712. The molecule has 1 rings (SSSR count). The summed E-state index contributed by atoms with van der Waals surface area (Å²) in [5, 5.41) is 6.60. The molecule has 0 saturated heterocycles. The van der Waals surface area contributed by atoms with E-state index in [4.69, 9.17) is 10.1 Å². The van der Waals surface area contributed by atoms with Crippen LogP contribution in [0.2, 0.25) is 0 Å². The monoisotopic (exact) mass is 135 g/mol. The molecular weight excluding hydrogens is 126 g/mol. The number of hydrogen-bond acceptors (Lipinski definition) is 2. The molecule has 1 N–H and O–H groups in total. The van der Waals surface area contributed by atoms with E-state index in [1.54, 1.807) is 0 Å². The summed E-state index contributed by atoms with van der Waals surface area (Å²) in [6.45, 7) is 0.490. The molecule has 0 heterocycles. The highest BCUT2D eigenvalue weighted by atomic mass is 16.5. The van der Waals surface area contributed by atoms with E-state index in [1.165, 1.54) is 0 Å². The van der Waals surface area contributed by atoms with Crippen LogP contribution in [-0.4, -0.2) is 6.40 Å². The van der Waals surface area contributed by atoms with Crippen molar-refractivity contribution in [2.75, 3.05) is 0 Å². The van der Waals surface area contributed by atoms with E-state index in [-0.39, 0.29) is 0 Å². The molecule has 2 heteroatoms. The van der Waals surface area contributed by atoms with Crippen LogP contribution in [-0.2, 0) is 11.3 Å². The van der Waals surface area contributed by atoms with Gasteiger partial charge in [0.1, 0.15) is 6.61 Å². The quantitative estimate of drug-likeness (QED) is 0.497. The second kappa shape index (κ2) is 3.67. The Morgan fingerprint density at radius 3 is 2.60 bits per heavy atom. The van der Waals surface area contributed by atoms with E-state index in [0.29, 0.717) is 6.61 Å². The molecule has 0 bridgehead atoms. The van der Waals surface area contributed by atoms with Crippen LogP contribution in [0.15, 0.2) is 30.3 Å². The van der Waals surface area contributed by atoms with Crippen LogP contribution >= 0.6 is 0 Å². The van der Waals surface area contributed by atoms with E-state index in [1.807, 2.05) is 30.3 Å². The molecule has 0 unspecified atom stereocenters. The maximum atomic E-state index is 6.60. The van der Waals surface area contributed by atoms with Crippen LogP contribution < -0.4 is 0 Å². The summed E-state index contributed by atoms with van der Waals surface area (Å²) in [6, 6.07) is 9.77. The molecule has 0 aliphatic rings. The fraction of sp³-hybridized carbons (Fsp3) is 0.125. The van der Waals surface area contributed by atoms with Gasteiger partial charge < -0.3 is 4.74 Å². The third-order valence-electron chi connectivity index (χ3n) is 1.18. The average molecular weight is 135 g/mol. The molecule has 0 aromatic heterocycles. The van der Waals surface area contributed by atoms with E-state index in [9.17, 15) is 0 Å². The standard InChI is InChI=1S/C8H9NO/c9-7-10-6-8-4-2-1-3-5-8/h1-5,7,9H,6H2.